The predicted octanol–water partition coefficient (Wildman–Crippen LogP) is 2.90. The van der Waals surface area contributed by atoms with E-state index in [9.17, 15) is 17.6 Å². The molecule has 1 aromatic carbocycles. The summed E-state index contributed by atoms with van der Waals surface area (Å²) in [7, 11) is -3.94. The second-order valence-corrected chi connectivity index (χ2v) is 10.4. The number of benzene rings is 1. The van der Waals surface area contributed by atoms with Crippen LogP contribution in [-0.4, -0.2) is 55.4 Å². The number of rotatable bonds is 6. The van der Waals surface area contributed by atoms with Crippen LogP contribution in [0.3, 0.4) is 0 Å². The number of hydrogen-bond acceptors (Lipinski definition) is 6. The Hall–Kier alpha value is -2.01. The van der Waals surface area contributed by atoms with E-state index in [0.717, 1.165) is 25.5 Å². The molecule has 0 bridgehead atoms. The van der Waals surface area contributed by atoms with Crippen LogP contribution in [0, 0.1) is 11.7 Å². The smallest absolute Gasteiger partial charge is 0.287 e. The molecule has 4 rings (SSSR count). The van der Waals surface area contributed by atoms with Gasteiger partial charge in [-0.15, -0.1) is 0 Å². The minimum absolute atomic E-state index is 0.0677. The van der Waals surface area contributed by atoms with Crippen LogP contribution in [0.1, 0.15) is 31.7 Å². The third-order valence-corrected chi connectivity index (χ3v) is 8.30. The Morgan fingerprint density at radius 2 is 1.97 bits per heavy atom. The highest BCUT2D eigenvalue weighted by molar-refractivity contribution is 7.89. The van der Waals surface area contributed by atoms with E-state index in [1.165, 1.54) is 33.4 Å². The predicted molar refractivity (Wildman–Crippen MR) is 119 cm³/mol. The Labute approximate surface area is 191 Å². The number of piperidine rings is 1. The summed E-state index contributed by atoms with van der Waals surface area (Å²) >= 11 is 6.32. The van der Waals surface area contributed by atoms with Gasteiger partial charge in [0.25, 0.3) is 5.56 Å². The molecule has 0 amide bonds. The summed E-state index contributed by atoms with van der Waals surface area (Å²) in [6.45, 7) is 2.44. The monoisotopic (exact) mass is 484 g/mol. The van der Waals surface area contributed by atoms with E-state index >= 15 is 0 Å². The van der Waals surface area contributed by atoms with Gasteiger partial charge in [0.15, 0.2) is 0 Å². The maximum absolute atomic E-state index is 14.0. The zero-order valence-corrected chi connectivity index (χ0v) is 19.1. The Morgan fingerprint density at radius 1 is 1.22 bits per heavy atom. The molecule has 0 radical (unpaired) electrons. The van der Waals surface area contributed by atoms with Crippen LogP contribution >= 0.6 is 11.6 Å². The molecule has 32 heavy (non-hydrogen) atoms. The van der Waals surface area contributed by atoms with Crippen LogP contribution in [0.5, 0.6) is 0 Å². The van der Waals surface area contributed by atoms with E-state index in [1.807, 2.05) is 0 Å². The minimum atomic E-state index is -3.94. The van der Waals surface area contributed by atoms with Gasteiger partial charge >= 0.3 is 0 Å². The number of anilines is 1. The summed E-state index contributed by atoms with van der Waals surface area (Å²) in [5.74, 6) is -0.412. The van der Waals surface area contributed by atoms with E-state index in [2.05, 4.69) is 10.4 Å². The van der Waals surface area contributed by atoms with Crippen molar-refractivity contribution in [3.63, 3.8) is 0 Å². The maximum atomic E-state index is 14.0. The molecule has 3 heterocycles. The van der Waals surface area contributed by atoms with Crippen molar-refractivity contribution in [1.82, 2.24) is 14.1 Å². The van der Waals surface area contributed by atoms with Crippen LogP contribution in [-0.2, 0) is 14.8 Å². The van der Waals surface area contributed by atoms with Gasteiger partial charge in [-0.1, -0.05) is 23.7 Å². The molecule has 1 atom stereocenters. The zero-order valence-electron chi connectivity index (χ0n) is 17.5. The number of ether oxygens (including phenoxy) is 1. The average molecular weight is 485 g/mol. The molecule has 2 fully saturated rings. The van der Waals surface area contributed by atoms with Crippen molar-refractivity contribution in [2.24, 2.45) is 5.92 Å². The van der Waals surface area contributed by atoms with Gasteiger partial charge in [0.1, 0.15) is 15.7 Å². The summed E-state index contributed by atoms with van der Waals surface area (Å²) in [5.41, 5.74) is 0.0741. The fourth-order valence-electron chi connectivity index (χ4n) is 4.17. The van der Waals surface area contributed by atoms with E-state index < -0.39 is 21.4 Å². The number of sulfonamides is 1. The molecule has 2 aliphatic heterocycles. The van der Waals surface area contributed by atoms with Gasteiger partial charge in [0.05, 0.1) is 24.5 Å². The number of nitrogens with zero attached hydrogens (tertiary/aromatic N) is 3. The molecule has 11 heteroatoms. The van der Waals surface area contributed by atoms with Crippen molar-refractivity contribution in [2.75, 3.05) is 38.2 Å². The van der Waals surface area contributed by atoms with E-state index in [4.69, 9.17) is 16.3 Å². The summed E-state index contributed by atoms with van der Waals surface area (Å²) in [4.78, 5) is 12.5. The van der Waals surface area contributed by atoms with Crippen LogP contribution < -0.4 is 10.9 Å². The van der Waals surface area contributed by atoms with Crippen molar-refractivity contribution in [3.05, 3.63) is 51.7 Å². The lowest BCUT2D eigenvalue weighted by atomic mass is 10.0. The molecular weight excluding hydrogens is 459 g/mol. The second kappa shape index (κ2) is 9.86. The lowest BCUT2D eigenvalue weighted by molar-refractivity contribution is 0.0595. The number of aromatic nitrogens is 2. The standard InChI is InChI=1S/C21H26ClFN4O4S/c22-20-18(24-12-15-4-3-11-31-14-15)13-25-27(21(20)28)16-7-9-26(10-8-16)32(29,30)19-6-2-1-5-17(19)23/h1-2,5-6,13,15-16,24H,3-4,7-12,14H2/t15-/m0/s1. The fraction of sp³-hybridized carbons (Fsp3) is 0.524. The van der Waals surface area contributed by atoms with Gasteiger partial charge in [-0.25, -0.2) is 17.5 Å². The molecule has 1 aromatic heterocycles. The van der Waals surface area contributed by atoms with Crippen molar-refractivity contribution < 1.29 is 17.5 Å². The highest BCUT2D eigenvalue weighted by Crippen LogP contribution is 2.28. The normalized spacial score (nSPS) is 20.9. The van der Waals surface area contributed by atoms with Crippen molar-refractivity contribution in [3.8, 4) is 0 Å². The van der Waals surface area contributed by atoms with Crippen LogP contribution in [0.25, 0.3) is 0 Å². The highest BCUT2D eigenvalue weighted by atomic mass is 35.5. The van der Waals surface area contributed by atoms with Crippen molar-refractivity contribution in [1.29, 1.82) is 0 Å². The molecule has 0 unspecified atom stereocenters. The molecular formula is C21H26ClFN4O4S. The quantitative estimate of drug-likeness (QED) is 0.677. The topological polar surface area (TPSA) is 93.5 Å². The SMILES string of the molecule is O=c1c(Cl)c(NC[C@@H]2CCCOC2)cnn1C1CCN(S(=O)(=O)c2ccccc2F)CC1. The van der Waals surface area contributed by atoms with Crippen molar-refractivity contribution in [2.45, 2.75) is 36.6 Å². The van der Waals surface area contributed by atoms with Gasteiger partial charge in [0, 0.05) is 26.2 Å². The maximum Gasteiger partial charge on any atom is 0.287 e. The minimum Gasteiger partial charge on any atom is -0.382 e. The Balaban J connectivity index is 1.41. The lowest BCUT2D eigenvalue weighted by Crippen LogP contribution is -2.41. The molecule has 174 valence electrons. The van der Waals surface area contributed by atoms with E-state index in [-0.39, 0.29) is 29.0 Å². The molecule has 0 aliphatic carbocycles. The largest absolute Gasteiger partial charge is 0.382 e. The third-order valence-electron chi connectivity index (χ3n) is 6.00. The Bertz CT molecular complexity index is 1110. The molecule has 2 aliphatic rings. The third kappa shape index (κ3) is 4.83. The van der Waals surface area contributed by atoms with Crippen LogP contribution in [0.2, 0.25) is 5.02 Å². The summed E-state index contributed by atoms with van der Waals surface area (Å²) in [6, 6.07) is 5.04. The molecule has 2 saturated heterocycles. The zero-order chi connectivity index (χ0) is 22.7. The first kappa shape index (κ1) is 23.2. The van der Waals surface area contributed by atoms with Crippen molar-refractivity contribution >= 4 is 27.3 Å². The van der Waals surface area contributed by atoms with E-state index in [1.54, 1.807) is 0 Å². The summed E-state index contributed by atoms with van der Waals surface area (Å²) in [5, 5.41) is 7.54. The molecule has 0 saturated carbocycles. The highest BCUT2D eigenvalue weighted by Gasteiger charge is 2.32. The first-order chi connectivity index (χ1) is 15.4. The van der Waals surface area contributed by atoms with Crippen LogP contribution in [0.15, 0.2) is 40.2 Å². The fourth-order valence-corrected chi connectivity index (χ4v) is 5.91. The lowest BCUT2D eigenvalue weighted by Gasteiger charge is -2.31. The summed E-state index contributed by atoms with van der Waals surface area (Å²) in [6.07, 6.45) is 4.37. The molecule has 8 nitrogen and oxygen atoms in total. The van der Waals surface area contributed by atoms with Gasteiger partial charge in [-0.05, 0) is 43.7 Å². The number of halogens is 2. The Morgan fingerprint density at radius 3 is 2.66 bits per heavy atom. The second-order valence-electron chi connectivity index (χ2n) is 8.15. The molecule has 2 aromatic rings. The number of hydrogen-bond donors (Lipinski definition) is 1. The van der Waals surface area contributed by atoms with Gasteiger partial charge in [0.2, 0.25) is 10.0 Å². The summed E-state index contributed by atoms with van der Waals surface area (Å²) < 4.78 is 47.6. The molecule has 0 spiro atoms. The van der Waals surface area contributed by atoms with Gasteiger partial charge < -0.3 is 10.1 Å². The van der Waals surface area contributed by atoms with Crippen LogP contribution in [0.4, 0.5) is 10.1 Å². The Kier molecular flexibility index (Phi) is 7.14. The average Bonchev–Trinajstić information content (AvgIpc) is 2.81. The van der Waals surface area contributed by atoms with Gasteiger partial charge in [-0.2, -0.15) is 9.40 Å². The number of nitrogens with one attached hydrogen (secondary N) is 1. The first-order valence-corrected chi connectivity index (χ1v) is 12.5. The van der Waals surface area contributed by atoms with Gasteiger partial charge in [-0.3, -0.25) is 4.79 Å². The molecule has 1 N–H and O–H groups in total. The first-order valence-electron chi connectivity index (χ1n) is 10.7. The van der Waals surface area contributed by atoms with E-state index in [0.29, 0.717) is 37.6 Å².